The molecule has 25 heavy (non-hydrogen) atoms. The number of furan rings is 1. The number of carbonyl (C=O) groups excluding carboxylic acids is 2. The molecule has 2 aromatic rings. The van der Waals surface area contributed by atoms with E-state index in [1.165, 1.54) is 6.26 Å². The number of hydrogen-bond donors (Lipinski definition) is 2. The van der Waals surface area contributed by atoms with E-state index in [4.69, 9.17) is 20.8 Å². The van der Waals surface area contributed by atoms with Gasteiger partial charge >= 0.3 is 0 Å². The highest BCUT2D eigenvalue weighted by Gasteiger charge is 2.13. The van der Waals surface area contributed by atoms with Crippen LogP contribution in [0.15, 0.2) is 34.9 Å². The molecule has 7 heteroatoms. The molecule has 2 amide bonds. The molecule has 0 radical (unpaired) electrons. The van der Waals surface area contributed by atoms with E-state index in [9.17, 15) is 9.59 Å². The molecular formula is C18H21ClN2O4. The zero-order valence-electron chi connectivity index (χ0n) is 14.4. The van der Waals surface area contributed by atoms with Crippen molar-refractivity contribution in [2.45, 2.75) is 20.8 Å². The van der Waals surface area contributed by atoms with Gasteiger partial charge in [-0.15, -0.1) is 0 Å². The Bertz CT molecular complexity index is 755. The van der Waals surface area contributed by atoms with Crippen LogP contribution in [0.4, 0.5) is 5.69 Å². The third-order valence-corrected chi connectivity index (χ3v) is 3.60. The number of halogens is 1. The first kappa shape index (κ1) is 18.9. The van der Waals surface area contributed by atoms with Gasteiger partial charge in [0.25, 0.3) is 5.91 Å². The van der Waals surface area contributed by atoms with Gasteiger partial charge < -0.3 is 19.8 Å². The van der Waals surface area contributed by atoms with Crippen molar-refractivity contribution in [2.24, 2.45) is 5.92 Å². The van der Waals surface area contributed by atoms with Crippen LogP contribution in [-0.2, 0) is 4.79 Å². The maximum atomic E-state index is 12.0. The molecule has 2 N–H and O–H groups in total. The van der Waals surface area contributed by atoms with Crippen LogP contribution >= 0.6 is 11.6 Å². The Morgan fingerprint density at radius 3 is 2.64 bits per heavy atom. The topological polar surface area (TPSA) is 80.6 Å². The van der Waals surface area contributed by atoms with Crippen LogP contribution in [0.5, 0.6) is 5.75 Å². The molecule has 0 unspecified atom stereocenters. The van der Waals surface area contributed by atoms with Crippen molar-refractivity contribution in [1.82, 2.24) is 5.32 Å². The maximum Gasteiger partial charge on any atom is 0.255 e. The van der Waals surface area contributed by atoms with Crippen LogP contribution in [0.2, 0.25) is 5.02 Å². The third kappa shape index (κ3) is 5.53. The Labute approximate surface area is 151 Å². The number of nitrogens with one attached hydrogen (secondary N) is 2. The molecule has 0 bridgehead atoms. The predicted molar refractivity (Wildman–Crippen MR) is 96.2 cm³/mol. The first-order valence-corrected chi connectivity index (χ1v) is 8.29. The maximum absolute atomic E-state index is 12.0. The molecule has 134 valence electrons. The monoisotopic (exact) mass is 364 g/mol. The van der Waals surface area contributed by atoms with E-state index in [0.717, 1.165) is 0 Å². The van der Waals surface area contributed by atoms with Gasteiger partial charge in [0, 0.05) is 5.69 Å². The standard InChI is InChI=1S/C18H21ClN2O4/c1-11(2)10-25-16-5-4-13(8-15(16)19)21-17(22)9-20-18(23)14-6-7-24-12(14)3/h4-8,11H,9-10H2,1-3H3,(H,20,23)(H,21,22). The van der Waals surface area contributed by atoms with Gasteiger partial charge in [0.2, 0.25) is 5.91 Å². The van der Waals surface area contributed by atoms with Crippen LogP contribution in [0.3, 0.4) is 0 Å². The summed E-state index contributed by atoms with van der Waals surface area (Å²) in [6.07, 6.45) is 1.43. The molecule has 0 saturated heterocycles. The highest BCUT2D eigenvalue weighted by Crippen LogP contribution is 2.28. The fraction of sp³-hybridized carbons (Fsp3) is 0.333. The summed E-state index contributed by atoms with van der Waals surface area (Å²) in [7, 11) is 0. The molecule has 1 aromatic heterocycles. The van der Waals surface area contributed by atoms with Gasteiger partial charge in [-0.1, -0.05) is 25.4 Å². The molecule has 1 aromatic carbocycles. The van der Waals surface area contributed by atoms with Gasteiger partial charge in [0.15, 0.2) is 0 Å². The smallest absolute Gasteiger partial charge is 0.255 e. The molecule has 0 spiro atoms. The van der Waals surface area contributed by atoms with Gasteiger partial charge in [-0.3, -0.25) is 9.59 Å². The summed E-state index contributed by atoms with van der Waals surface area (Å²) < 4.78 is 10.6. The van der Waals surface area contributed by atoms with E-state index in [0.29, 0.717) is 40.3 Å². The summed E-state index contributed by atoms with van der Waals surface area (Å²) in [6, 6.07) is 6.56. The Morgan fingerprint density at radius 2 is 2.04 bits per heavy atom. The highest BCUT2D eigenvalue weighted by atomic mass is 35.5. The minimum Gasteiger partial charge on any atom is -0.492 e. The number of amides is 2. The summed E-state index contributed by atoms with van der Waals surface area (Å²) in [5.41, 5.74) is 0.933. The quantitative estimate of drug-likeness (QED) is 0.785. The molecule has 0 aliphatic carbocycles. The van der Waals surface area contributed by atoms with Gasteiger partial charge in [-0.2, -0.15) is 0 Å². The number of carbonyl (C=O) groups is 2. The summed E-state index contributed by atoms with van der Waals surface area (Å²) in [6.45, 7) is 6.17. The predicted octanol–water partition coefficient (Wildman–Crippen LogP) is 3.64. The first-order chi connectivity index (χ1) is 11.9. The average Bonchev–Trinajstić information content (AvgIpc) is 2.98. The molecule has 2 rings (SSSR count). The minimum absolute atomic E-state index is 0.160. The Kier molecular flexibility index (Phi) is 6.47. The van der Waals surface area contributed by atoms with Crippen molar-refractivity contribution < 1.29 is 18.7 Å². The van der Waals surface area contributed by atoms with Crippen molar-refractivity contribution in [1.29, 1.82) is 0 Å². The fourth-order valence-corrected chi connectivity index (χ4v) is 2.27. The van der Waals surface area contributed by atoms with Crippen LogP contribution < -0.4 is 15.4 Å². The second-order valence-corrected chi connectivity index (χ2v) is 6.38. The van der Waals surface area contributed by atoms with E-state index < -0.39 is 0 Å². The summed E-state index contributed by atoms with van der Waals surface area (Å²) in [5, 5.41) is 5.62. The third-order valence-electron chi connectivity index (χ3n) is 3.30. The van der Waals surface area contributed by atoms with Crippen LogP contribution in [0.1, 0.15) is 30.0 Å². The Balaban J connectivity index is 1.87. The van der Waals surface area contributed by atoms with Crippen molar-refractivity contribution in [2.75, 3.05) is 18.5 Å². The van der Waals surface area contributed by atoms with Crippen molar-refractivity contribution >= 4 is 29.1 Å². The first-order valence-electron chi connectivity index (χ1n) is 7.91. The van der Waals surface area contributed by atoms with E-state index >= 15 is 0 Å². The van der Waals surface area contributed by atoms with Crippen molar-refractivity contribution in [3.63, 3.8) is 0 Å². The molecule has 0 aliphatic heterocycles. The lowest BCUT2D eigenvalue weighted by Gasteiger charge is -2.12. The zero-order chi connectivity index (χ0) is 18.4. The molecular weight excluding hydrogens is 344 g/mol. The second-order valence-electron chi connectivity index (χ2n) is 5.97. The summed E-state index contributed by atoms with van der Waals surface area (Å²) in [4.78, 5) is 23.9. The largest absolute Gasteiger partial charge is 0.492 e. The van der Waals surface area contributed by atoms with Gasteiger partial charge in [0.1, 0.15) is 11.5 Å². The highest BCUT2D eigenvalue weighted by molar-refractivity contribution is 6.32. The molecule has 0 saturated carbocycles. The molecule has 0 fully saturated rings. The number of rotatable bonds is 7. The van der Waals surface area contributed by atoms with E-state index in [1.807, 2.05) is 13.8 Å². The number of ether oxygens (including phenoxy) is 1. The molecule has 1 heterocycles. The molecule has 0 aliphatic rings. The van der Waals surface area contributed by atoms with E-state index in [2.05, 4.69) is 10.6 Å². The fourth-order valence-electron chi connectivity index (χ4n) is 2.03. The number of hydrogen-bond acceptors (Lipinski definition) is 4. The van der Waals surface area contributed by atoms with Crippen molar-refractivity contribution in [3.05, 3.63) is 46.9 Å². The average molecular weight is 365 g/mol. The molecule has 6 nitrogen and oxygen atoms in total. The van der Waals surface area contributed by atoms with Crippen LogP contribution in [-0.4, -0.2) is 25.0 Å². The second kappa shape index (κ2) is 8.58. The van der Waals surface area contributed by atoms with E-state index in [1.54, 1.807) is 31.2 Å². The van der Waals surface area contributed by atoms with Crippen molar-refractivity contribution in [3.8, 4) is 5.75 Å². The lowest BCUT2D eigenvalue weighted by atomic mass is 10.2. The number of benzene rings is 1. The number of anilines is 1. The summed E-state index contributed by atoms with van der Waals surface area (Å²) in [5.74, 6) is 0.731. The minimum atomic E-state index is -0.364. The normalized spacial score (nSPS) is 10.6. The molecule has 0 atom stereocenters. The number of aryl methyl sites for hydroxylation is 1. The lowest BCUT2D eigenvalue weighted by molar-refractivity contribution is -0.115. The zero-order valence-corrected chi connectivity index (χ0v) is 15.1. The van der Waals surface area contributed by atoms with Crippen LogP contribution in [0, 0.1) is 12.8 Å². The Hall–Kier alpha value is -2.47. The van der Waals surface area contributed by atoms with Crippen LogP contribution in [0.25, 0.3) is 0 Å². The summed E-state index contributed by atoms with van der Waals surface area (Å²) >= 11 is 6.15. The SMILES string of the molecule is Cc1occc1C(=O)NCC(=O)Nc1ccc(OCC(C)C)c(Cl)c1. The van der Waals surface area contributed by atoms with Gasteiger partial charge in [-0.05, 0) is 37.1 Å². The van der Waals surface area contributed by atoms with Gasteiger partial charge in [0.05, 0.1) is 30.0 Å². The lowest BCUT2D eigenvalue weighted by Crippen LogP contribution is -2.32. The Morgan fingerprint density at radius 1 is 1.28 bits per heavy atom. The van der Waals surface area contributed by atoms with Gasteiger partial charge in [-0.25, -0.2) is 0 Å². The van der Waals surface area contributed by atoms with E-state index in [-0.39, 0.29) is 18.4 Å².